The smallest absolute Gasteiger partial charge is 0.171 e. The maximum atomic E-state index is 6.15. The van der Waals surface area contributed by atoms with Crippen LogP contribution in [0.2, 0.25) is 5.02 Å². The van der Waals surface area contributed by atoms with E-state index in [1.807, 2.05) is 6.07 Å². The maximum Gasteiger partial charge on any atom is 0.171 e. The number of halogens is 1. The zero-order valence-electron chi connectivity index (χ0n) is 11.4. The zero-order valence-corrected chi connectivity index (χ0v) is 12.1. The van der Waals surface area contributed by atoms with Gasteiger partial charge in [-0.25, -0.2) is 0 Å². The second-order valence-corrected chi connectivity index (χ2v) is 5.32. The fourth-order valence-electron chi connectivity index (χ4n) is 2.00. The van der Waals surface area contributed by atoms with Crippen molar-refractivity contribution in [2.24, 2.45) is 7.05 Å². The molecule has 1 fully saturated rings. The summed E-state index contributed by atoms with van der Waals surface area (Å²) < 4.78 is 13.0. The average molecular weight is 294 g/mol. The van der Waals surface area contributed by atoms with Crippen molar-refractivity contribution in [3.8, 4) is 22.8 Å². The third-order valence-corrected chi connectivity index (χ3v) is 3.46. The number of aromatic nitrogens is 2. The van der Waals surface area contributed by atoms with E-state index in [1.165, 1.54) is 0 Å². The van der Waals surface area contributed by atoms with Gasteiger partial charge in [0.25, 0.3) is 0 Å². The molecule has 6 heteroatoms. The van der Waals surface area contributed by atoms with Crippen LogP contribution in [0.3, 0.4) is 0 Å². The van der Waals surface area contributed by atoms with Gasteiger partial charge in [-0.15, -0.1) is 0 Å². The summed E-state index contributed by atoms with van der Waals surface area (Å²) in [5.74, 6) is 1.87. The standard InChI is InChI=1S/C14H16ClN3O2/c1-18-13(16)7-11(17-18)10-5-8(15)6-12(19-2)14(10)20-9-3-4-9/h5-7,9H,3-4,16H2,1-2H3. The van der Waals surface area contributed by atoms with Crippen molar-refractivity contribution < 1.29 is 9.47 Å². The predicted octanol–water partition coefficient (Wildman–Crippen LogP) is 2.87. The minimum Gasteiger partial charge on any atom is -0.493 e. The van der Waals surface area contributed by atoms with E-state index in [0.29, 0.717) is 22.3 Å². The molecule has 2 N–H and O–H groups in total. The highest BCUT2D eigenvalue weighted by atomic mass is 35.5. The van der Waals surface area contributed by atoms with Gasteiger partial charge in [-0.1, -0.05) is 11.6 Å². The van der Waals surface area contributed by atoms with Crippen LogP contribution >= 0.6 is 11.6 Å². The number of rotatable bonds is 4. The lowest BCUT2D eigenvalue weighted by Gasteiger charge is -2.14. The van der Waals surface area contributed by atoms with E-state index < -0.39 is 0 Å². The number of hydrogen-bond donors (Lipinski definition) is 1. The summed E-state index contributed by atoms with van der Waals surface area (Å²) in [6.45, 7) is 0. The molecule has 1 aromatic heterocycles. The average Bonchev–Trinajstić information content (AvgIpc) is 3.17. The van der Waals surface area contributed by atoms with E-state index in [4.69, 9.17) is 26.8 Å². The number of ether oxygens (including phenoxy) is 2. The molecule has 0 aliphatic heterocycles. The summed E-state index contributed by atoms with van der Waals surface area (Å²) in [6, 6.07) is 5.36. The van der Waals surface area contributed by atoms with E-state index in [2.05, 4.69) is 5.10 Å². The fraction of sp³-hybridized carbons (Fsp3) is 0.357. The van der Waals surface area contributed by atoms with Gasteiger partial charge in [-0.3, -0.25) is 4.68 Å². The first-order chi connectivity index (χ1) is 9.58. The number of benzene rings is 1. The second kappa shape index (κ2) is 4.90. The highest BCUT2D eigenvalue weighted by molar-refractivity contribution is 6.31. The van der Waals surface area contributed by atoms with Crippen molar-refractivity contribution in [1.82, 2.24) is 9.78 Å². The van der Waals surface area contributed by atoms with Crippen molar-refractivity contribution in [2.75, 3.05) is 12.8 Å². The Hall–Kier alpha value is -1.88. The lowest BCUT2D eigenvalue weighted by molar-refractivity contribution is 0.283. The molecule has 20 heavy (non-hydrogen) atoms. The Kier molecular flexibility index (Phi) is 3.22. The SMILES string of the molecule is COc1cc(Cl)cc(-c2cc(N)n(C)n2)c1OC1CC1. The van der Waals surface area contributed by atoms with Crippen molar-refractivity contribution >= 4 is 17.4 Å². The van der Waals surface area contributed by atoms with Gasteiger partial charge < -0.3 is 15.2 Å². The van der Waals surface area contributed by atoms with Crippen LogP contribution < -0.4 is 15.2 Å². The van der Waals surface area contributed by atoms with E-state index in [-0.39, 0.29) is 6.10 Å². The molecule has 1 saturated carbocycles. The fourth-order valence-corrected chi connectivity index (χ4v) is 2.21. The molecular weight excluding hydrogens is 278 g/mol. The Balaban J connectivity index is 2.13. The van der Waals surface area contributed by atoms with Gasteiger partial charge in [-0.05, 0) is 18.9 Å². The van der Waals surface area contributed by atoms with Crippen molar-refractivity contribution in [3.05, 3.63) is 23.2 Å². The van der Waals surface area contributed by atoms with E-state index in [1.54, 1.807) is 31.0 Å². The first-order valence-corrected chi connectivity index (χ1v) is 6.80. The highest BCUT2D eigenvalue weighted by Crippen LogP contribution is 2.43. The Bertz CT molecular complexity index is 631. The molecule has 5 nitrogen and oxygen atoms in total. The number of aryl methyl sites for hydroxylation is 1. The second-order valence-electron chi connectivity index (χ2n) is 4.88. The molecule has 0 bridgehead atoms. The van der Waals surface area contributed by atoms with Gasteiger partial charge in [0.15, 0.2) is 11.5 Å². The molecule has 0 spiro atoms. The first-order valence-electron chi connectivity index (χ1n) is 6.42. The first kappa shape index (κ1) is 13.1. The molecule has 106 valence electrons. The normalized spacial score (nSPS) is 14.3. The molecule has 1 heterocycles. The predicted molar refractivity (Wildman–Crippen MR) is 78.3 cm³/mol. The van der Waals surface area contributed by atoms with Crippen LogP contribution in [-0.2, 0) is 7.05 Å². The third-order valence-electron chi connectivity index (χ3n) is 3.24. The van der Waals surface area contributed by atoms with Gasteiger partial charge in [0, 0.05) is 29.8 Å². The molecule has 1 aliphatic carbocycles. The number of anilines is 1. The summed E-state index contributed by atoms with van der Waals surface area (Å²) in [5, 5.41) is 4.96. The molecule has 0 unspecified atom stereocenters. The van der Waals surface area contributed by atoms with Crippen LogP contribution in [0.4, 0.5) is 5.82 Å². The van der Waals surface area contributed by atoms with Crippen LogP contribution in [0.5, 0.6) is 11.5 Å². The van der Waals surface area contributed by atoms with E-state index in [9.17, 15) is 0 Å². The molecule has 2 aromatic rings. The summed E-state index contributed by atoms with van der Waals surface area (Å²) >= 11 is 6.15. The summed E-state index contributed by atoms with van der Waals surface area (Å²) in [4.78, 5) is 0. The molecule has 1 aromatic carbocycles. The molecule has 0 saturated heterocycles. The summed E-state index contributed by atoms with van der Waals surface area (Å²) in [5.41, 5.74) is 7.37. The molecular formula is C14H16ClN3O2. The largest absolute Gasteiger partial charge is 0.493 e. The van der Waals surface area contributed by atoms with Crippen LogP contribution in [0.1, 0.15) is 12.8 Å². The number of nitrogens with two attached hydrogens (primary N) is 1. The van der Waals surface area contributed by atoms with Crippen LogP contribution in [0.25, 0.3) is 11.3 Å². The number of nitrogen functional groups attached to an aromatic ring is 1. The number of nitrogens with zero attached hydrogens (tertiary/aromatic N) is 2. The summed E-state index contributed by atoms with van der Waals surface area (Å²) in [6.07, 6.45) is 2.38. The van der Waals surface area contributed by atoms with Gasteiger partial charge in [-0.2, -0.15) is 5.10 Å². The van der Waals surface area contributed by atoms with Crippen LogP contribution in [0, 0.1) is 0 Å². The molecule has 0 amide bonds. The van der Waals surface area contributed by atoms with Gasteiger partial charge in [0.05, 0.1) is 18.9 Å². The zero-order chi connectivity index (χ0) is 14.3. The highest BCUT2D eigenvalue weighted by Gasteiger charge is 2.27. The monoisotopic (exact) mass is 293 g/mol. The lowest BCUT2D eigenvalue weighted by Crippen LogP contribution is -2.01. The minimum absolute atomic E-state index is 0.255. The van der Waals surface area contributed by atoms with Gasteiger partial charge in [0.1, 0.15) is 5.82 Å². The Labute approximate surface area is 122 Å². The molecule has 0 radical (unpaired) electrons. The molecule has 0 atom stereocenters. The van der Waals surface area contributed by atoms with Gasteiger partial charge >= 0.3 is 0 Å². The van der Waals surface area contributed by atoms with Crippen molar-refractivity contribution in [3.63, 3.8) is 0 Å². The Morgan fingerprint density at radius 2 is 2.10 bits per heavy atom. The minimum atomic E-state index is 0.255. The third kappa shape index (κ3) is 2.41. The number of methoxy groups -OCH3 is 1. The maximum absolute atomic E-state index is 6.15. The Morgan fingerprint density at radius 1 is 1.35 bits per heavy atom. The summed E-state index contributed by atoms with van der Waals surface area (Å²) in [7, 11) is 3.39. The van der Waals surface area contributed by atoms with Crippen LogP contribution in [0.15, 0.2) is 18.2 Å². The molecule has 1 aliphatic rings. The van der Waals surface area contributed by atoms with Crippen LogP contribution in [-0.4, -0.2) is 23.0 Å². The molecule has 3 rings (SSSR count). The Morgan fingerprint density at radius 3 is 2.65 bits per heavy atom. The van der Waals surface area contributed by atoms with Crippen molar-refractivity contribution in [1.29, 1.82) is 0 Å². The van der Waals surface area contributed by atoms with Gasteiger partial charge in [0.2, 0.25) is 0 Å². The lowest BCUT2D eigenvalue weighted by atomic mass is 10.1. The number of hydrogen-bond acceptors (Lipinski definition) is 4. The quantitative estimate of drug-likeness (QED) is 0.941. The topological polar surface area (TPSA) is 62.3 Å². The van der Waals surface area contributed by atoms with E-state index >= 15 is 0 Å². The van der Waals surface area contributed by atoms with Crippen molar-refractivity contribution in [2.45, 2.75) is 18.9 Å². The van der Waals surface area contributed by atoms with E-state index in [0.717, 1.165) is 24.1 Å².